The molecular weight excluding hydrogens is 392 g/mol. The van der Waals surface area contributed by atoms with E-state index in [1.165, 1.54) is 11.3 Å². The Balaban J connectivity index is 1.39. The molecule has 0 atom stereocenters. The number of aromatic amines is 1. The zero-order chi connectivity index (χ0) is 20.0. The summed E-state index contributed by atoms with van der Waals surface area (Å²) in [6.07, 6.45) is 0. The van der Waals surface area contributed by atoms with E-state index >= 15 is 0 Å². The number of anilines is 1. The number of carbonyl (C=O) groups excluding carboxylic acids is 2. The number of nitrogens with one attached hydrogen (secondary N) is 3. The van der Waals surface area contributed by atoms with Crippen LogP contribution < -0.4 is 20.9 Å². The van der Waals surface area contributed by atoms with Crippen molar-refractivity contribution in [2.45, 2.75) is 6.54 Å². The summed E-state index contributed by atoms with van der Waals surface area (Å²) in [6, 6.07) is 12.8. The quantitative estimate of drug-likeness (QED) is 0.484. The predicted molar refractivity (Wildman–Crippen MR) is 109 cm³/mol. The van der Waals surface area contributed by atoms with Gasteiger partial charge in [0.2, 0.25) is 5.82 Å². The van der Waals surface area contributed by atoms with Gasteiger partial charge in [-0.25, -0.2) is 4.98 Å². The van der Waals surface area contributed by atoms with Crippen LogP contribution in [0.1, 0.15) is 16.2 Å². The van der Waals surface area contributed by atoms with Crippen LogP contribution in [0.4, 0.5) is 5.69 Å². The van der Waals surface area contributed by atoms with Gasteiger partial charge in [0, 0.05) is 16.6 Å². The molecule has 0 unspecified atom stereocenters. The Bertz CT molecular complexity index is 1360. The monoisotopic (exact) mass is 406 g/mol. The van der Waals surface area contributed by atoms with Crippen molar-refractivity contribution in [1.82, 2.24) is 15.3 Å². The molecule has 2 aromatic carbocycles. The standard InChI is InChI=1S/C20H14N4O4S/c25-15-9-28-13-6-5-10(7-12(13)22-15)8-21-19(27)17-23-18(26)16-11-3-1-2-4-14(11)29-20(16)24-17/h1-7H,8-9H2,(H,21,27)(H,22,25)(H,23,24,26). The number of rotatable bonds is 3. The Morgan fingerprint density at radius 1 is 1.21 bits per heavy atom. The van der Waals surface area contributed by atoms with Crippen LogP contribution >= 0.6 is 11.3 Å². The number of amides is 2. The second kappa shape index (κ2) is 6.71. The third kappa shape index (κ3) is 3.11. The van der Waals surface area contributed by atoms with Gasteiger partial charge >= 0.3 is 0 Å². The van der Waals surface area contributed by atoms with Crippen molar-refractivity contribution in [3.8, 4) is 5.75 Å². The average molecular weight is 406 g/mol. The number of fused-ring (bicyclic) bond motifs is 4. The van der Waals surface area contributed by atoms with Crippen molar-refractivity contribution in [2.24, 2.45) is 0 Å². The third-order valence-corrected chi connectivity index (χ3v) is 5.66. The van der Waals surface area contributed by atoms with Gasteiger partial charge < -0.3 is 20.4 Å². The minimum Gasteiger partial charge on any atom is -0.482 e. The molecule has 144 valence electrons. The normalized spacial score (nSPS) is 13.0. The van der Waals surface area contributed by atoms with Gasteiger partial charge in [0.05, 0.1) is 11.1 Å². The lowest BCUT2D eigenvalue weighted by atomic mass is 10.1. The highest BCUT2D eigenvalue weighted by Gasteiger charge is 2.17. The van der Waals surface area contributed by atoms with E-state index in [-0.39, 0.29) is 30.4 Å². The van der Waals surface area contributed by atoms with Gasteiger partial charge in [0.25, 0.3) is 17.4 Å². The summed E-state index contributed by atoms with van der Waals surface area (Å²) >= 11 is 1.37. The molecule has 2 aromatic heterocycles. The van der Waals surface area contributed by atoms with Gasteiger partial charge in [0.1, 0.15) is 10.6 Å². The van der Waals surface area contributed by atoms with Gasteiger partial charge in [-0.05, 0) is 23.8 Å². The number of hydrogen-bond acceptors (Lipinski definition) is 6. The lowest BCUT2D eigenvalue weighted by molar-refractivity contribution is -0.118. The summed E-state index contributed by atoms with van der Waals surface area (Å²) in [7, 11) is 0. The minimum absolute atomic E-state index is 0.0116. The van der Waals surface area contributed by atoms with Crippen LogP contribution in [0.15, 0.2) is 47.3 Å². The van der Waals surface area contributed by atoms with Crippen molar-refractivity contribution >= 4 is 49.1 Å². The number of thiophene rings is 1. The van der Waals surface area contributed by atoms with Gasteiger partial charge in [-0.1, -0.05) is 24.3 Å². The Morgan fingerprint density at radius 2 is 2.07 bits per heavy atom. The molecule has 0 aliphatic carbocycles. The molecule has 8 nitrogen and oxygen atoms in total. The van der Waals surface area contributed by atoms with E-state index in [1.54, 1.807) is 18.2 Å². The molecule has 1 aliphatic rings. The van der Waals surface area contributed by atoms with Crippen LogP contribution in [0.5, 0.6) is 5.75 Å². The summed E-state index contributed by atoms with van der Waals surface area (Å²) in [5.74, 6) is -0.166. The lowest BCUT2D eigenvalue weighted by Crippen LogP contribution is -2.28. The average Bonchev–Trinajstić information content (AvgIpc) is 3.10. The number of benzene rings is 2. The Hall–Kier alpha value is -3.72. The fourth-order valence-corrected chi connectivity index (χ4v) is 4.32. The van der Waals surface area contributed by atoms with E-state index < -0.39 is 5.91 Å². The van der Waals surface area contributed by atoms with Crippen LogP contribution in [0.25, 0.3) is 20.3 Å². The van der Waals surface area contributed by atoms with Crippen LogP contribution in [-0.4, -0.2) is 28.4 Å². The molecule has 0 spiro atoms. The van der Waals surface area contributed by atoms with E-state index in [9.17, 15) is 14.4 Å². The summed E-state index contributed by atoms with van der Waals surface area (Å²) in [4.78, 5) is 43.9. The summed E-state index contributed by atoms with van der Waals surface area (Å²) in [5.41, 5.74) is 0.991. The van der Waals surface area contributed by atoms with E-state index in [1.807, 2.05) is 24.3 Å². The SMILES string of the molecule is O=C1COc2ccc(CNC(=O)c3nc4sc5ccccc5c4c(=O)[nH]3)cc2N1. The van der Waals surface area contributed by atoms with Crippen LogP contribution in [0.2, 0.25) is 0 Å². The lowest BCUT2D eigenvalue weighted by Gasteiger charge is -2.18. The molecule has 5 rings (SSSR count). The maximum absolute atomic E-state index is 12.5. The maximum Gasteiger partial charge on any atom is 0.287 e. The smallest absolute Gasteiger partial charge is 0.287 e. The molecule has 4 aromatic rings. The molecule has 3 N–H and O–H groups in total. The molecular formula is C20H14N4O4S. The van der Waals surface area contributed by atoms with E-state index in [2.05, 4.69) is 20.6 Å². The molecule has 2 amide bonds. The molecule has 9 heteroatoms. The second-order valence-corrected chi connectivity index (χ2v) is 7.57. The Kier molecular flexibility index (Phi) is 4.02. The first-order valence-electron chi connectivity index (χ1n) is 8.84. The highest BCUT2D eigenvalue weighted by Crippen LogP contribution is 2.30. The molecule has 0 fully saturated rings. The summed E-state index contributed by atoms with van der Waals surface area (Å²) in [5, 5.41) is 6.78. The van der Waals surface area contributed by atoms with Crippen LogP contribution in [-0.2, 0) is 11.3 Å². The number of carbonyl (C=O) groups is 2. The van der Waals surface area contributed by atoms with E-state index in [0.29, 0.717) is 21.7 Å². The highest BCUT2D eigenvalue weighted by atomic mass is 32.1. The molecule has 0 saturated heterocycles. The molecule has 29 heavy (non-hydrogen) atoms. The molecule has 0 bridgehead atoms. The first-order valence-corrected chi connectivity index (χ1v) is 9.65. The summed E-state index contributed by atoms with van der Waals surface area (Å²) < 4.78 is 6.26. The number of H-pyrrole nitrogens is 1. The first kappa shape index (κ1) is 17.4. The summed E-state index contributed by atoms with van der Waals surface area (Å²) in [6.45, 7) is 0.193. The van der Waals surface area contributed by atoms with Gasteiger partial charge in [0.15, 0.2) is 6.61 Å². The second-order valence-electron chi connectivity index (χ2n) is 6.54. The van der Waals surface area contributed by atoms with Crippen molar-refractivity contribution in [1.29, 1.82) is 0 Å². The Labute approximate surface area is 167 Å². The van der Waals surface area contributed by atoms with E-state index in [0.717, 1.165) is 15.6 Å². The zero-order valence-electron chi connectivity index (χ0n) is 14.9. The maximum atomic E-state index is 12.5. The van der Waals surface area contributed by atoms with Crippen molar-refractivity contribution in [3.63, 3.8) is 0 Å². The van der Waals surface area contributed by atoms with Gasteiger partial charge in [-0.3, -0.25) is 14.4 Å². The topological polar surface area (TPSA) is 113 Å². The molecule has 0 saturated carbocycles. The van der Waals surface area contributed by atoms with Crippen molar-refractivity contribution in [2.75, 3.05) is 11.9 Å². The van der Waals surface area contributed by atoms with Gasteiger partial charge in [-0.15, -0.1) is 11.3 Å². The van der Waals surface area contributed by atoms with E-state index in [4.69, 9.17) is 4.74 Å². The number of aromatic nitrogens is 2. The number of nitrogens with zero attached hydrogens (tertiary/aromatic N) is 1. The minimum atomic E-state index is -0.487. The van der Waals surface area contributed by atoms with Crippen LogP contribution in [0, 0.1) is 0 Å². The number of hydrogen-bond donors (Lipinski definition) is 3. The zero-order valence-corrected chi connectivity index (χ0v) is 15.8. The largest absolute Gasteiger partial charge is 0.482 e. The van der Waals surface area contributed by atoms with Crippen molar-refractivity contribution < 1.29 is 14.3 Å². The van der Waals surface area contributed by atoms with Crippen LogP contribution in [0.3, 0.4) is 0 Å². The third-order valence-electron chi connectivity index (χ3n) is 4.59. The predicted octanol–water partition coefficient (Wildman–Crippen LogP) is 2.40. The molecule has 0 radical (unpaired) electrons. The molecule has 1 aliphatic heterocycles. The van der Waals surface area contributed by atoms with Gasteiger partial charge in [-0.2, -0.15) is 0 Å². The molecule has 3 heterocycles. The first-order chi connectivity index (χ1) is 14.1. The highest BCUT2D eigenvalue weighted by molar-refractivity contribution is 7.25. The fraction of sp³-hybridized carbons (Fsp3) is 0.100. The van der Waals surface area contributed by atoms with Crippen molar-refractivity contribution in [3.05, 3.63) is 64.2 Å². The number of ether oxygens (including phenoxy) is 1. The fourth-order valence-electron chi connectivity index (χ4n) is 3.24. The Morgan fingerprint density at radius 3 is 2.97 bits per heavy atom.